The van der Waals surface area contributed by atoms with Crippen molar-refractivity contribution in [2.24, 2.45) is 5.41 Å². The average molecular weight is 142 g/mol. The number of hydrogen-bond donors (Lipinski definition) is 1. The van der Waals surface area contributed by atoms with Crippen LogP contribution in [0.15, 0.2) is 0 Å². The highest BCUT2D eigenvalue weighted by atomic mass is 16.6. The molecule has 58 valence electrons. The molecule has 2 nitrogen and oxygen atoms in total. The molecule has 0 bridgehead atoms. The van der Waals surface area contributed by atoms with Gasteiger partial charge in [0.15, 0.2) is 0 Å². The highest BCUT2D eigenvalue weighted by molar-refractivity contribution is 5.15. The number of hydrogen-bond acceptors (Lipinski definition) is 2. The van der Waals surface area contributed by atoms with Gasteiger partial charge in [0.25, 0.3) is 0 Å². The first-order valence-electron chi connectivity index (χ1n) is 3.91. The van der Waals surface area contributed by atoms with Crippen LogP contribution in [0, 0.1) is 5.41 Å². The standard InChI is InChI=1S/C8H14O2/c1-7-3-4-8(7,2)10-6(7)5-9/h6,9H,3-5H2,1-2H3/t6-,7-,8-/m0/s1. The van der Waals surface area contributed by atoms with E-state index in [1.807, 2.05) is 0 Å². The molecule has 2 rings (SSSR count). The molecule has 0 unspecified atom stereocenters. The molecule has 1 N–H and O–H groups in total. The van der Waals surface area contributed by atoms with Crippen molar-refractivity contribution < 1.29 is 9.84 Å². The van der Waals surface area contributed by atoms with E-state index in [1.54, 1.807) is 0 Å². The molecule has 1 aliphatic heterocycles. The van der Waals surface area contributed by atoms with E-state index in [-0.39, 0.29) is 18.3 Å². The van der Waals surface area contributed by atoms with Gasteiger partial charge >= 0.3 is 0 Å². The summed E-state index contributed by atoms with van der Waals surface area (Å²) in [5.74, 6) is 0. The number of aliphatic hydroxyl groups excluding tert-OH is 1. The lowest BCUT2D eigenvalue weighted by Crippen LogP contribution is -2.73. The Morgan fingerprint density at radius 3 is 2.30 bits per heavy atom. The van der Waals surface area contributed by atoms with Gasteiger partial charge in [-0.2, -0.15) is 0 Å². The summed E-state index contributed by atoms with van der Waals surface area (Å²) in [6, 6.07) is 0. The molecule has 0 aromatic heterocycles. The summed E-state index contributed by atoms with van der Waals surface area (Å²) in [6.07, 6.45) is 2.50. The molecule has 2 fully saturated rings. The van der Waals surface area contributed by atoms with Crippen LogP contribution >= 0.6 is 0 Å². The van der Waals surface area contributed by atoms with Crippen LogP contribution in [0.5, 0.6) is 0 Å². The van der Waals surface area contributed by atoms with Gasteiger partial charge in [-0.3, -0.25) is 0 Å². The summed E-state index contributed by atoms with van der Waals surface area (Å²) in [7, 11) is 0. The minimum Gasteiger partial charge on any atom is -0.394 e. The molecule has 0 radical (unpaired) electrons. The average Bonchev–Trinajstić information content (AvgIpc) is 1.96. The second-order valence-electron chi connectivity index (χ2n) is 3.94. The van der Waals surface area contributed by atoms with Crippen molar-refractivity contribution in [1.29, 1.82) is 0 Å². The molecule has 1 aliphatic carbocycles. The van der Waals surface area contributed by atoms with Gasteiger partial charge in [0.05, 0.1) is 18.3 Å². The van der Waals surface area contributed by atoms with Gasteiger partial charge in [0.1, 0.15) is 0 Å². The SMILES string of the molecule is C[C@@]12CC[C@]1(C)O[C@H]2CO. The Hall–Kier alpha value is -0.0800. The van der Waals surface area contributed by atoms with Crippen molar-refractivity contribution in [2.75, 3.05) is 6.61 Å². The lowest BCUT2D eigenvalue weighted by atomic mass is 9.51. The first kappa shape index (κ1) is 6.62. The van der Waals surface area contributed by atoms with Crippen molar-refractivity contribution in [3.8, 4) is 0 Å². The van der Waals surface area contributed by atoms with Crippen LogP contribution in [0.25, 0.3) is 0 Å². The van der Waals surface area contributed by atoms with Gasteiger partial charge in [-0.05, 0) is 19.8 Å². The molecule has 10 heavy (non-hydrogen) atoms. The zero-order valence-electron chi connectivity index (χ0n) is 6.55. The molecule has 0 amide bonds. The van der Waals surface area contributed by atoms with Gasteiger partial charge < -0.3 is 9.84 Å². The molecule has 1 heterocycles. The lowest BCUT2D eigenvalue weighted by molar-refractivity contribution is -0.367. The third kappa shape index (κ3) is 0.453. The van der Waals surface area contributed by atoms with E-state index in [4.69, 9.17) is 9.84 Å². The molecule has 3 atom stereocenters. The van der Waals surface area contributed by atoms with Crippen LogP contribution in [0.3, 0.4) is 0 Å². The molecule has 2 heteroatoms. The van der Waals surface area contributed by atoms with Crippen LogP contribution in [-0.2, 0) is 4.74 Å². The fourth-order valence-corrected chi connectivity index (χ4v) is 2.19. The van der Waals surface area contributed by atoms with Crippen molar-refractivity contribution in [3.63, 3.8) is 0 Å². The summed E-state index contributed by atoms with van der Waals surface area (Å²) < 4.78 is 5.53. The fraction of sp³-hybridized carbons (Fsp3) is 1.00. The summed E-state index contributed by atoms with van der Waals surface area (Å²) in [4.78, 5) is 0. The Bertz CT molecular complexity index is 169. The Morgan fingerprint density at radius 1 is 1.50 bits per heavy atom. The highest BCUT2D eigenvalue weighted by Crippen LogP contribution is 2.63. The molecule has 1 saturated heterocycles. The lowest BCUT2D eigenvalue weighted by Gasteiger charge is -2.68. The second kappa shape index (κ2) is 1.56. The smallest absolute Gasteiger partial charge is 0.0894 e. The minimum absolute atomic E-state index is 0.112. The maximum atomic E-state index is 8.86. The first-order chi connectivity index (χ1) is 4.62. The van der Waals surface area contributed by atoms with Gasteiger partial charge in [-0.25, -0.2) is 0 Å². The summed E-state index contributed by atoms with van der Waals surface area (Å²) in [6.45, 7) is 4.54. The Kier molecular flexibility index (Phi) is 1.03. The van der Waals surface area contributed by atoms with Crippen LogP contribution in [-0.4, -0.2) is 23.4 Å². The number of aliphatic hydroxyl groups is 1. The zero-order chi connectivity index (χ0) is 7.41. The molecule has 0 spiro atoms. The van der Waals surface area contributed by atoms with E-state index < -0.39 is 0 Å². The van der Waals surface area contributed by atoms with Crippen LogP contribution in [0.2, 0.25) is 0 Å². The van der Waals surface area contributed by atoms with Crippen LogP contribution in [0.4, 0.5) is 0 Å². The minimum atomic E-state index is 0.112. The normalized spacial score (nSPS) is 58.5. The number of fused-ring (bicyclic) bond motifs is 1. The Labute approximate surface area is 61.2 Å². The van der Waals surface area contributed by atoms with Crippen LogP contribution < -0.4 is 0 Å². The van der Waals surface area contributed by atoms with Crippen molar-refractivity contribution >= 4 is 0 Å². The van der Waals surface area contributed by atoms with E-state index >= 15 is 0 Å². The van der Waals surface area contributed by atoms with E-state index in [9.17, 15) is 0 Å². The van der Waals surface area contributed by atoms with Gasteiger partial charge in [-0.1, -0.05) is 6.92 Å². The summed E-state index contributed by atoms with van der Waals surface area (Å²) in [5.41, 5.74) is 0.405. The quantitative estimate of drug-likeness (QED) is 0.590. The first-order valence-corrected chi connectivity index (χ1v) is 3.91. The molecule has 0 aromatic carbocycles. The molecule has 1 saturated carbocycles. The van der Waals surface area contributed by atoms with Crippen molar-refractivity contribution in [1.82, 2.24) is 0 Å². The van der Waals surface area contributed by atoms with E-state index in [0.717, 1.165) is 0 Å². The maximum absolute atomic E-state index is 8.86. The molecular formula is C8H14O2. The summed E-state index contributed by atoms with van der Waals surface area (Å²) in [5, 5.41) is 8.86. The summed E-state index contributed by atoms with van der Waals surface area (Å²) >= 11 is 0. The Morgan fingerprint density at radius 2 is 2.20 bits per heavy atom. The monoisotopic (exact) mass is 142 g/mol. The third-order valence-electron chi connectivity index (χ3n) is 3.61. The van der Waals surface area contributed by atoms with Gasteiger partial charge in [0.2, 0.25) is 0 Å². The van der Waals surface area contributed by atoms with E-state index in [0.29, 0.717) is 5.41 Å². The van der Waals surface area contributed by atoms with Crippen molar-refractivity contribution in [3.05, 3.63) is 0 Å². The van der Waals surface area contributed by atoms with Gasteiger partial charge in [-0.15, -0.1) is 0 Å². The van der Waals surface area contributed by atoms with Crippen LogP contribution in [0.1, 0.15) is 26.7 Å². The fourth-order valence-electron chi connectivity index (χ4n) is 2.19. The van der Waals surface area contributed by atoms with Gasteiger partial charge in [0, 0.05) is 5.41 Å². The van der Waals surface area contributed by atoms with Crippen molar-refractivity contribution in [2.45, 2.75) is 38.4 Å². The largest absolute Gasteiger partial charge is 0.394 e. The highest BCUT2D eigenvalue weighted by Gasteiger charge is 2.67. The number of ether oxygens (including phenoxy) is 1. The Balaban J connectivity index is 2.12. The maximum Gasteiger partial charge on any atom is 0.0894 e. The predicted octanol–water partition coefficient (Wildman–Crippen LogP) is 0.936. The molecule has 2 aliphatic rings. The van der Waals surface area contributed by atoms with E-state index in [2.05, 4.69) is 13.8 Å². The second-order valence-corrected chi connectivity index (χ2v) is 3.94. The zero-order valence-corrected chi connectivity index (χ0v) is 6.55. The molecule has 0 aromatic rings. The third-order valence-corrected chi connectivity index (χ3v) is 3.61. The topological polar surface area (TPSA) is 29.5 Å². The number of rotatable bonds is 1. The molecular weight excluding hydrogens is 128 g/mol. The predicted molar refractivity (Wildman–Crippen MR) is 37.7 cm³/mol. The van der Waals surface area contributed by atoms with E-state index in [1.165, 1.54) is 12.8 Å².